The van der Waals surface area contributed by atoms with Gasteiger partial charge in [-0.1, -0.05) is 60.1 Å². The van der Waals surface area contributed by atoms with E-state index < -0.39 is 0 Å². The number of halogens is 1. The first-order valence-electron chi connectivity index (χ1n) is 9.88. The van der Waals surface area contributed by atoms with E-state index in [1.807, 2.05) is 59.5 Å². The van der Waals surface area contributed by atoms with Crippen LogP contribution in [0.15, 0.2) is 65.2 Å². The SMILES string of the molecule is CC(c1ncc(-c2ccccc2)o1)N1CCN(C(=O)Cc2ccccc2Cl)CC1. The van der Waals surface area contributed by atoms with E-state index in [9.17, 15) is 4.79 Å². The van der Waals surface area contributed by atoms with Crippen LogP contribution in [0.1, 0.15) is 24.4 Å². The number of amides is 1. The van der Waals surface area contributed by atoms with Crippen molar-refractivity contribution in [3.8, 4) is 11.3 Å². The van der Waals surface area contributed by atoms with Crippen LogP contribution in [0.3, 0.4) is 0 Å². The van der Waals surface area contributed by atoms with E-state index in [-0.39, 0.29) is 11.9 Å². The molecule has 3 aromatic rings. The van der Waals surface area contributed by atoms with Gasteiger partial charge in [-0.15, -0.1) is 0 Å². The van der Waals surface area contributed by atoms with Crippen LogP contribution < -0.4 is 0 Å². The van der Waals surface area contributed by atoms with E-state index in [4.69, 9.17) is 16.0 Å². The zero-order chi connectivity index (χ0) is 20.2. The molecule has 0 saturated carbocycles. The summed E-state index contributed by atoms with van der Waals surface area (Å²) in [6, 6.07) is 17.6. The van der Waals surface area contributed by atoms with Gasteiger partial charge in [-0.05, 0) is 18.6 Å². The van der Waals surface area contributed by atoms with Crippen molar-refractivity contribution < 1.29 is 9.21 Å². The third kappa shape index (κ3) is 4.52. The fraction of sp³-hybridized carbons (Fsp3) is 0.304. The Hall–Kier alpha value is -2.63. The van der Waals surface area contributed by atoms with Gasteiger partial charge in [0.25, 0.3) is 0 Å². The Morgan fingerprint density at radius 3 is 2.48 bits per heavy atom. The van der Waals surface area contributed by atoms with Crippen LogP contribution in [0.2, 0.25) is 5.02 Å². The highest BCUT2D eigenvalue weighted by molar-refractivity contribution is 6.31. The van der Waals surface area contributed by atoms with Gasteiger partial charge in [0, 0.05) is 36.8 Å². The van der Waals surface area contributed by atoms with Crippen LogP contribution >= 0.6 is 11.6 Å². The van der Waals surface area contributed by atoms with E-state index in [0.717, 1.165) is 30.0 Å². The number of benzene rings is 2. The van der Waals surface area contributed by atoms with Gasteiger partial charge in [-0.25, -0.2) is 4.98 Å². The molecule has 0 aliphatic carbocycles. The first-order chi connectivity index (χ1) is 14.1. The lowest BCUT2D eigenvalue weighted by molar-refractivity contribution is -0.132. The molecule has 2 aromatic carbocycles. The zero-order valence-corrected chi connectivity index (χ0v) is 17.2. The maximum absolute atomic E-state index is 12.6. The Morgan fingerprint density at radius 2 is 1.76 bits per heavy atom. The predicted octanol–water partition coefficient (Wildman–Crippen LogP) is 4.44. The second kappa shape index (κ2) is 8.80. The van der Waals surface area contributed by atoms with E-state index in [0.29, 0.717) is 30.4 Å². The number of rotatable bonds is 5. The van der Waals surface area contributed by atoms with Crippen molar-refractivity contribution in [1.82, 2.24) is 14.8 Å². The fourth-order valence-corrected chi connectivity index (χ4v) is 3.85. The fourth-order valence-electron chi connectivity index (χ4n) is 3.65. The maximum atomic E-state index is 12.6. The molecule has 1 atom stereocenters. The first-order valence-corrected chi connectivity index (χ1v) is 10.3. The van der Waals surface area contributed by atoms with Crippen molar-refractivity contribution in [3.63, 3.8) is 0 Å². The van der Waals surface area contributed by atoms with E-state index in [2.05, 4.69) is 16.8 Å². The average molecular weight is 410 g/mol. The largest absolute Gasteiger partial charge is 0.439 e. The van der Waals surface area contributed by atoms with E-state index in [1.54, 1.807) is 6.20 Å². The summed E-state index contributed by atoms with van der Waals surface area (Å²) in [5, 5.41) is 0.645. The maximum Gasteiger partial charge on any atom is 0.227 e. The van der Waals surface area contributed by atoms with Gasteiger partial charge in [-0.3, -0.25) is 9.69 Å². The van der Waals surface area contributed by atoms with Crippen LogP contribution in [0.4, 0.5) is 0 Å². The Bertz CT molecular complexity index is 965. The molecule has 0 N–H and O–H groups in total. The van der Waals surface area contributed by atoms with Crippen molar-refractivity contribution >= 4 is 17.5 Å². The Kier molecular flexibility index (Phi) is 5.97. The quantitative estimate of drug-likeness (QED) is 0.625. The highest BCUT2D eigenvalue weighted by Crippen LogP contribution is 2.26. The molecule has 1 aliphatic rings. The molecule has 150 valence electrons. The summed E-state index contributed by atoms with van der Waals surface area (Å²) in [6.45, 7) is 5.07. The van der Waals surface area contributed by atoms with Gasteiger partial charge in [0.2, 0.25) is 11.8 Å². The summed E-state index contributed by atoms with van der Waals surface area (Å²) >= 11 is 6.19. The van der Waals surface area contributed by atoms with Gasteiger partial charge in [-0.2, -0.15) is 0 Å². The lowest BCUT2D eigenvalue weighted by Gasteiger charge is -2.37. The molecule has 5 nitrogen and oxygen atoms in total. The third-order valence-electron chi connectivity index (χ3n) is 5.45. The molecule has 4 rings (SSSR count). The van der Waals surface area contributed by atoms with Crippen molar-refractivity contribution in [1.29, 1.82) is 0 Å². The highest BCUT2D eigenvalue weighted by Gasteiger charge is 2.27. The highest BCUT2D eigenvalue weighted by atomic mass is 35.5. The minimum Gasteiger partial charge on any atom is -0.439 e. The molecule has 0 spiro atoms. The lowest BCUT2D eigenvalue weighted by Crippen LogP contribution is -2.49. The van der Waals surface area contributed by atoms with E-state index >= 15 is 0 Å². The monoisotopic (exact) mass is 409 g/mol. The summed E-state index contributed by atoms with van der Waals surface area (Å²) in [5.74, 6) is 1.61. The van der Waals surface area contributed by atoms with Gasteiger partial charge in [0.1, 0.15) is 0 Å². The summed E-state index contributed by atoms with van der Waals surface area (Å²) < 4.78 is 6.00. The topological polar surface area (TPSA) is 49.6 Å². The molecule has 0 bridgehead atoms. The number of nitrogens with zero attached hydrogens (tertiary/aromatic N) is 3. The molecule has 6 heteroatoms. The molecule has 29 heavy (non-hydrogen) atoms. The van der Waals surface area contributed by atoms with Crippen LogP contribution in [0.25, 0.3) is 11.3 Å². The van der Waals surface area contributed by atoms with Crippen molar-refractivity contribution in [2.45, 2.75) is 19.4 Å². The van der Waals surface area contributed by atoms with Crippen molar-refractivity contribution in [3.05, 3.63) is 77.3 Å². The summed E-state index contributed by atoms with van der Waals surface area (Å²) in [5.41, 5.74) is 1.90. The first kappa shape index (κ1) is 19.7. The van der Waals surface area contributed by atoms with Crippen LogP contribution in [-0.4, -0.2) is 46.9 Å². The Labute approximate surface area is 175 Å². The number of oxazole rings is 1. The predicted molar refractivity (Wildman–Crippen MR) is 114 cm³/mol. The number of hydrogen-bond acceptors (Lipinski definition) is 4. The molecule has 1 aliphatic heterocycles. The minimum absolute atomic E-state index is 0.0632. The Balaban J connectivity index is 1.34. The van der Waals surface area contributed by atoms with Crippen LogP contribution in [-0.2, 0) is 11.2 Å². The second-order valence-electron chi connectivity index (χ2n) is 7.29. The van der Waals surface area contributed by atoms with Crippen LogP contribution in [0, 0.1) is 0 Å². The third-order valence-corrected chi connectivity index (χ3v) is 5.82. The molecular formula is C23H24ClN3O2. The zero-order valence-electron chi connectivity index (χ0n) is 16.4. The molecule has 1 fully saturated rings. The summed E-state index contributed by atoms with van der Waals surface area (Å²) in [4.78, 5) is 21.3. The molecule has 1 saturated heterocycles. The van der Waals surface area contributed by atoms with Gasteiger partial charge < -0.3 is 9.32 Å². The van der Waals surface area contributed by atoms with Crippen molar-refractivity contribution in [2.75, 3.05) is 26.2 Å². The van der Waals surface area contributed by atoms with Gasteiger partial charge >= 0.3 is 0 Å². The number of carbonyl (C=O) groups is 1. The molecule has 1 unspecified atom stereocenters. The standard InChI is InChI=1S/C23H24ClN3O2/c1-17(23-25-16-21(29-23)18-7-3-2-4-8-18)26-11-13-27(14-12-26)22(28)15-19-9-5-6-10-20(19)24/h2-10,16-17H,11-15H2,1H3. The lowest BCUT2D eigenvalue weighted by atomic mass is 10.1. The molecule has 0 radical (unpaired) electrons. The molecular weight excluding hydrogens is 386 g/mol. The average Bonchev–Trinajstić information content (AvgIpc) is 3.26. The summed E-state index contributed by atoms with van der Waals surface area (Å²) in [7, 11) is 0. The van der Waals surface area contributed by atoms with Crippen molar-refractivity contribution in [2.24, 2.45) is 0 Å². The van der Waals surface area contributed by atoms with E-state index in [1.165, 1.54) is 0 Å². The molecule has 1 aromatic heterocycles. The normalized spacial score (nSPS) is 16.0. The summed E-state index contributed by atoms with van der Waals surface area (Å²) in [6.07, 6.45) is 2.12. The van der Waals surface area contributed by atoms with Gasteiger partial charge in [0.05, 0.1) is 18.7 Å². The minimum atomic E-state index is 0.0632. The molecule has 1 amide bonds. The Morgan fingerprint density at radius 1 is 1.07 bits per heavy atom. The van der Waals surface area contributed by atoms with Crippen LogP contribution in [0.5, 0.6) is 0 Å². The number of hydrogen-bond donors (Lipinski definition) is 0. The number of carbonyl (C=O) groups excluding carboxylic acids is 1. The smallest absolute Gasteiger partial charge is 0.227 e. The second-order valence-corrected chi connectivity index (χ2v) is 7.70. The van der Waals surface area contributed by atoms with Gasteiger partial charge in [0.15, 0.2) is 5.76 Å². The number of piperazine rings is 1. The number of aromatic nitrogens is 1. The molecule has 2 heterocycles.